The topological polar surface area (TPSA) is 16.9 Å². The third-order valence-electron chi connectivity index (χ3n) is 5.31. The number of nitrogens with zero attached hydrogens (tertiary/aromatic N) is 1. The van der Waals surface area contributed by atoms with Gasteiger partial charge >= 0.3 is 0 Å². The smallest absolute Gasteiger partial charge is 0.146 e. The fourth-order valence-electron chi connectivity index (χ4n) is 3.89. The molecule has 0 bridgehead atoms. The second kappa shape index (κ2) is 7.34. The summed E-state index contributed by atoms with van der Waals surface area (Å²) in [7, 11) is 1.74. The number of para-hydroxylation sites is 1. The number of benzene rings is 3. The van der Waals surface area contributed by atoms with E-state index in [2.05, 4.69) is 41.3 Å². The lowest BCUT2D eigenvalue weighted by Gasteiger charge is -2.34. The molecule has 3 aromatic rings. The molecule has 3 nitrogen and oxygen atoms in total. The average Bonchev–Trinajstić information content (AvgIpc) is 2.69. The van der Waals surface area contributed by atoms with Crippen LogP contribution in [0.25, 0.3) is 10.8 Å². The van der Waals surface area contributed by atoms with Crippen LogP contribution in [0, 0.1) is 5.82 Å². The number of hydrogen-bond acceptors (Lipinski definition) is 2. The van der Waals surface area contributed by atoms with Crippen LogP contribution >= 0.6 is 0 Å². The second-order valence-electron chi connectivity index (χ2n) is 6.83. The van der Waals surface area contributed by atoms with Gasteiger partial charge in [0.25, 0.3) is 0 Å². The van der Waals surface area contributed by atoms with Gasteiger partial charge in [0, 0.05) is 0 Å². The van der Waals surface area contributed by atoms with Crippen LogP contribution in [0.4, 0.5) is 10.1 Å². The van der Waals surface area contributed by atoms with Gasteiger partial charge in [-0.15, -0.1) is 0 Å². The van der Waals surface area contributed by atoms with Crippen molar-refractivity contribution in [2.45, 2.75) is 6.54 Å². The number of hydrogen-bond donors (Lipinski definition) is 1. The Bertz CT molecular complexity index is 904. The monoisotopic (exact) mass is 351 g/mol. The van der Waals surface area contributed by atoms with E-state index in [1.807, 2.05) is 12.1 Å². The molecule has 4 rings (SSSR count). The first-order valence-electron chi connectivity index (χ1n) is 9.14. The van der Waals surface area contributed by atoms with E-state index >= 15 is 0 Å². The molecule has 26 heavy (non-hydrogen) atoms. The molecule has 1 heterocycles. The summed E-state index contributed by atoms with van der Waals surface area (Å²) in [5.41, 5.74) is 1.98. The molecule has 134 valence electrons. The van der Waals surface area contributed by atoms with Gasteiger partial charge in [-0.25, -0.2) is 4.39 Å². The molecule has 0 amide bonds. The highest BCUT2D eigenvalue weighted by Crippen LogP contribution is 2.27. The van der Waals surface area contributed by atoms with Crippen molar-refractivity contribution in [1.29, 1.82) is 0 Å². The summed E-state index contributed by atoms with van der Waals surface area (Å²) in [5.74, 6) is 0.819. The molecular weight excluding hydrogens is 327 g/mol. The van der Waals surface area contributed by atoms with Gasteiger partial charge in [-0.05, 0) is 29.0 Å². The van der Waals surface area contributed by atoms with Crippen molar-refractivity contribution in [3.8, 4) is 5.75 Å². The van der Waals surface area contributed by atoms with Gasteiger partial charge in [0.1, 0.15) is 18.1 Å². The molecule has 0 unspecified atom stereocenters. The quantitative estimate of drug-likeness (QED) is 0.778. The minimum absolute atomic E-state index is 0.133. The summed E-state index contributed by atoms with van der Waals surface area (Å²) in [6, 6.07) is 19.7. The Hall–Kier alpha value is -2.59. The van der Waals surface area contributed by atoms with Crippen LogP contribution < -0.4 is 14.5 Å². The van der Waals surface area contributed by atoms with Crippen molar-refractivity contribution in [2.75, 3.05) is 38.2 Å². The highest BCUT2D eigenvalue weighted by atomic mass is 19.1. The van der Waals surface area contributed by atoms with Crippen molar-refractivity contribution < 1.29 is 14.0 Å². The molecule has 4 heteroatoms. The van der Waals surface area contributed by atoms with Crippen molar-refractivity contribution in [3.63, 3.8) is 0 Å². The maximum Gasteiger partial charge on any atom is 0.146 e. The number of piperazine rings is 1. The fraction of sp³-hybridized carbons (Fsp3) is 0.273. The minimum Gasteiger partial charge on any atom is -0.496 e. The van der Waals surface area contributed by atoms with E-state index in [9.17, 15) is 4.39 Å². The molecule has 1 N–H and O–H groups in total. The number of halogens is 1. The Morgan fingerprint density at radius 2 is 1.69 bits per heavy atom. The zero-order chi connectivity index (χ0) is 17.9. The van der Waals surface area contributed by atoms with E-state index in [0.717, 1.165) is 38.5 Å². The lowest BCUT2D eigenvalue weighted by atomic mass is 10.0. The predicted molar refractivity (Wildman–Crippen MR) is 104 cm³/mol. The first-order chi connectivity index (χ1) is 12.8. The lowest BCUT2D eigenvalue weighted by Crippen LogP contribution is -3.13. The SMILES string of the molecule is COc1ccc2ccccc2c1C[NH+]1CCN(c2ccccc2F)CC1. The van der Waals surface area contributed by atoms with Crippen molar-refractivity contribution in [2.24, 2.45) is 0 Å². The number of ether oxygens (including phenoxy) is 1. The summed E-state index contributed by atoms with van der Waals surface area (Å²) in [4.78, 5) is 3.66. The maximum absolute atomic E-state index is 14.0. The van der Waals surface area contributed by atoms with Gasteiger partial charge in [0.2, 0.25) is 0 Å². The van der Waals surface area contributed by atoms with Gasteiger partial charge in [-0.1, -0.05) is 42.5 Å². The van der Waals surface area contributed by atoms with E-state index in [-0.39, 0.29) is 5.82 Å². The van der Waals surface area contributed by atoms with E-state index < -0.39 is 0 Å². The summed E-state index contributed by atoms with van der Waals surface area (Å²) in [5, 5.41) is 2.50. The molecule has 0 aromatic heterocycles. The number of rotatable bonds is 4. The number of quaternary nitrogens is 1. The third kappa shape index (κ3) is 3.25. The highest BCUT2D eigenvalue weighted by Gasteiger charge is 2.23. The normalized spacial score (nSPS) is 15.4. The number of anilines is 1. The van der Waals surface area contributed by atoms with Crippen LogP contribution in [0.3, 0.4) is 0 Å². The molecular formula is C22H24FN2O+. The number of methoxy groups -OCH3 is 1. The van der Waals surface area contributed by atoms with Crippen LogP contribution in [0.5, 0.6) is 5.75 Å². The molecule has 0 spiro atoms. The first-order valence-corrected chi connectivity index (χ1v) is 9.14. The molecule has 0 radical (unpaired) electrons. The van der Waals surface area contributed by atoms with Crippen molar-refractivity contribution in [3.05, 3.63) is 72.0 Å². The molecule has 0 atom stereocenters. The summed E-state index contributed by atoms with van der Waals surface area (Å²) < 4.78 is 19.7. The molecule has 3 aromatic carbocycles. The van der Waals surface area contributed by atoms with Crippen LogP contribution in [0.2, 0.25) is 0 Å². The van der Waals surface area contributed by atoms with Gasteiger partial charge in [0.15, 0.2) is 0 Å². The van der Waals surface area contributed by atoms with Crippen molar-refractivity contribution >= 4 is 16.5 Å². The third-order valence-corrected chi connectivity index (χ3v) is 5.31. The van der Waals surface area contributed by atoms with Crippen LogP contribution in [-0.4, -0.2) is 33.3 Å². The average molecular weight is 351 g/mol. The van der Waals surface area contributed by atoms with Gasteiger partial charge in [-0.2, -0.15) is 0 Å². The van der Waals surface area contributed by atoms with E-state index in [0.29, 0.717) is 5.69 Å². The summed E-state index contributed by atoms with van der Waals surface area (Å²) in [6.07, 6.45) is 0. The first kappa shape index (κ1) is 16.9. The van der Waals surface area contributed by atoms with Crippen molar-refractivity contribution in [1.82, 2.24) is 0 Å². The zero-order valence-electron chi connectivity index (χ0n) is 15.0. The Labute approximate surface area is 153 Å². The van der Waals surface area contributed by atoms with E-state index in [1.54, 1.807) is 13.2 Å². The number of fused-ring (bicyclic) bond motifs is 1. The van der Waals surface area contributed by atoms with Crippen LogP contribution in [0.15, 0.2) is 60.7 Å². The molecule has 1 aliphatic rings. The zero-order valence-corrected chi connectivity index (χ0v) is 15.0. The lowest BCUT2D eigenvalue weighted by molar-refractivity contribution is -0.914. The Morgan fingerprint density at radius 3 is 2.46 bits per heavy atom. The van der Waals surface area contributed by atoms with Gasteiger partial charge < -0.3 is 14.5 Å². The van der Waals surface area contributed by atoms with Gasteiger partial charge in [-0.3, -0.25) is 0 Å². The largest absolute Gasteiger partial charge is 0.496 e. The van der Waals surface area contributed by atoms with Crippen LogP contribution in [0.1, 0.15) is 5.56 Å². The molecule has 1 fully saturated rings. The Balaban J connectivity index is 1.51. The predicted octanol–water partition coefficient (Wildman–Crippen LogP) is 2.89. The minimum atomic E-state index is -0.133. The van der Waals surface area contributed by atoms with Gasteiger partial charge in [0.05, 0.1) is 44.5 Å². The number of nitrogens with one attached hydrogen (secondary N) is 1. The standard InChI is InChI=1S/C22H23FN2O/c1-26-22-11-10-17-6-2-3-7-18(17)19(22)16-24-12-14-25(15-13-24)21-9-5-4-8-20(21)23/h2-11H,12-16H2,1H3/p+1. The van der Waals surface area contributed by atoms with Crippen LogP contribution in [-0.2, 0) is 6.54 Å². The highest BCUT2D eigenvalue weighted by molar-refractivity contribution is 5.87. The maximum atomic E-state index is 14.0. The molecule has 0 aliphatic carbocycles. The molecule has 1 aliphatic heterocycles. The Kier molecular flexibility index (Phi) is 4.76. The second-order valence-corrected chi connectivity index (χ2v) is 6.83. The molecule has 0 saturated carbocycles. The Morgan fingerprint density at radius 1 is 0.962 bits per heavy atom. The fourth-order valence-corrected chi connectivity index (χ4v) is 3.89. The summed E-state index contributed by atoms with van der Waals surface area (Å²) >= 11 is 0. The van der Waals surface area contributed by atoms with E-state index in [1.165, 1.54) is 27.3 Å². The van der Waals surface area contributed by atoms with E-state index in [4.69, 9.17) is 4.74 Å². The molecule has 1 saturated heterocycles. The summed E-state index contributed by atoms with van der Waals surface area (Å²) in [6.45, 7) is 4.63.